The van der Waals surface area contributed by atoms with Crippen molar-refractivity contribution in [2.45, 2.75) is 46.6 Å². The van der Waals surface area contributed by atoms with Crippen molar-refractivity contribution in [1.82, 2.24) is 10.3 Å². The topological polar surface area (TPSA) is 24.9 Å². The van der Waals surface area contributed by atoms with Gasteiger partial charge in [-0.15, -0.1) is 0 Å². The average molecular weight is 220 g/mol. The summed E-state index contributed by atoms with van der Waals surface area (Å²) in [6.07, 6.45) is 6.29. The molecule has 0 fully saturated rings. The van der Waals surface area contributed by atoms with E-state index < -0.39 is 0 Å². The van der Waals surface area contributed by atoms with Crippen LogP contribution < -0.4 is 5.32 Å². The van der Waals surface area contributed by atoms with Crippen LogP contribution in [-0.4, -0.2) is 11.5 Å². The molecule has 16 heavy (non-hydrogen) atoms. The minimum absolute atomic E-state index is 0.475. The summed E-state index contributed by atoms with van der Waals surface area (Å²) in [6.45, 7) is 9.88. The van der Waals surface area contributed by atoms with E-state index in [0.29, 0.717) is 12.0 Å². The number of pyridine rings is 1. The molecule has 0 radical (unpaired) electrons. The molecule has 1 rings (SSSR count). The van der Waals surface area contributed by atoms with E-state index in [9.17, 15) is 0 Å². The summed E-state index contributed by atoms with van der Waals surface area (Å²) in [5, 5.41) is 3.61. The molecule has 0 bridgehead atoms. The average Bonchev–Trinajstić information content (AvgIpc) is 2.30. The Hall–Kier alpha value is -0.890. The molecule has 0 aliphatic carbocycles. The highest BCUT2D eigenvalue weighted by Crippen LogP contribution is 2.28. The van der Waals surface area contributed by atoms with Gasteiger partial charge < -0.3 is 5.32 Å². The van der Waals surface area contributed by atoms with Crippen LogP contribution in [0.25, 0.3) is 0 Å². The molecule has 0 aliphatic heterocycles. The third-order valence-electron chi connectivity index (χ3n) is 3.34. The lowest BCUT2D eigenvalue weighted by molar-refractivity contribution is 0.345. The molecular weight excluding hydrogens is 196 g/mol. The highest BCUT2D eigenvalue weighted by atomic mass is 14.9. The lowest BCUT2D eigenvalue weighted by atomic mass is 9.87. The van der Waals surface area contributed by atoms with Crippen LogP contribution in [0.15, 0.2) is 18.5 Å². The summed E-state index contributed by atoms with van der Waals surface area (Å²) in [5.74, 6) is 0.709. The van der Waals surface area contributed by atoms with Crippen molar-refractivity contribution in [1.29, 1.82) is 0 Å². The summed E-state index contributed by atoms with van der Waals surface area (Å²) in [6, 6.07) is 2.63. The van der Waals surface area contributed by atoms with E-state index in [-0.39, 0.29) is 0 Å². The first-order valence-electron chi connectivity index (χ1n) is 6.38. The van der Waals surface area contributed by atoms with E-state index in [1.54, 1.807) is 0 Å². The Kier molecular flexibility index (Phi) is 5.47. The van der Waals surface area contributed by atoms with Crippen molar-refractivity contribution in [2.24, 2.45) is 5.92 Å². The first-order valence-corrected chi connectivity index (χ1v) is 6.38. The minimum atomic E-state index is 0.475. The maximum Gasteiger partial charge on any atom is 0.0352 e. The van der Waals surface area contributed by atoms with Crippen molar-refractivity contribution in [3.8, 4) is 0 Å². The second-order valence-corrected chi connectivity index (χ2v) is 4.34. The van der Waals surface area contributed by atoms with Crippen LogP contribution in [0, 0.1) is 12.8 Å². The molecule has 1 aromatic heterocycles. The molecule has 1 atom stereocenters. The van der Waals surface area contributed by atoms with Gasteiger partial charge in [-0.2, -0.15) is 0 Å². The first kappa shape index (κ1) is 13.2. The zero-order valence-corrected chi connectivity index (χ0v) is 11.0. The summed E-state index contributed by atoms with van der Waals surface area (Å²) >= 11 is 0. The number of hydrogen-bond donors (Lipinski definition) is 1. The molecule has 0 spiro atoms. The summed E-state index contributed by atoms with van der Waals surface area (Å²) < 4.78 is 0. The van der Waals surface area contributed by atoms with Gasteiger partial charge in [0.25, 0.3) is 0 Å². The molecule has 90 valence electrons. The number of rotatable bonds is 6. The number of nitrogens with zero attached hydrogens (tertiary/aromatic N) is 1. The van der Waals surface area contributed by atoms with Crippen molar-refractivity contribution >= 4 is 0 Å². The van der Waals surface area contributed by atoms with Crippen LogP contribution in [0.4, 0.5) is 0 Å². The van der Waals surface area contributed by atoms with Crippen molar-refractivity contribution < 1.29 is 0 Å². The zero-order chi connectivity index (χ0) is 12.0. The van der Waals surface area contributed by atoms with E-state index in [1.165, 1.54) is 24.0 Å². The lowest BCUT2D eigenvalue weighted by Crippen LogP contribution is -2.28. The molecule has 0 aromatic carbocycles. The lowest BCUT2D eigenvalue weighted by Gasteiger charge is -2.27. The summed E-state index contributed by atoms with van der Waals surface area (Å²) in [4.78, 5) is 4.17. The van der Waals surface area contributed by atoms with Crippen LogP contribution >= 0.6 is 0 Å². The SMILES string of the molecule is CCNC(c1ccncc1C)C(CC)CC. The molecule has 0 aliphatic rings. The summed E-state index contributed by atoms with van der Waals surface area (Å²) in [7, 11) is 0. The number of hydrogen-bond acceptors (Lipinski definition) is 2. The standard InChI is InChI=1S/C14H24N2/c1-5-12(6-2)14(16-7-3)13-8-9-15-10-11(13)4/h8-10,12,14,16H,5-7H2,1-4H3. The van der Waals surface area contributed by atoms with Crippen LogP contribution in [-0.2, 0) is 0 Å². The fraction of sp³-hybridized carbons (Fsp3) is 0.643. The number of aromatic nitrogens is 1. The van der Waals surface area contributed by atoms with E-state index >= 15 is 0 Å². The molecule has 0 saturated carbocycles. The zero-order valence-electron chi connectivity index (χ0n) is 11.0. The fourth-order valence-corrected chi connectivity index (χ4v) is 2.34. The van der Waals surface area contributed by atoms with Gasteiger partial charge in [-0.25, -0.2) is 0 Å². The van der Waals surface area contributed by atoms with Gasteiger partial charge in [-0.1, -0.05) is 33.6 Å². The minimum Gasteiger partial charge on any atom is -0.310 e. The van der Waals surface area contributed by atoms with Gasteiger partial charge in [-0.3, -0.25) is 4.98 Å². The van der Waals surface area contributed by atoms with Gasteiger partial charge in [0.05, 0.1) is 0 Å². The third kappa shape index (κ3) is 3.05. The maximum atomic E-state index is 4.17. The molecular formula is C14H24N2. The quantitative estimate of drug-likeness (QED) is 0.794. The van der Waals surface area contributed by atoms with Crippen molar-refractivity contribution in [2.75, 3.05) is 6.54 Å². The van der Waals surface area contributed by atoms with Crippen molar-refractivity contribution in [3.63, 3.8) is 0 Å². The monoisotopic (exact) mass is 220 g/mol. The highest BCUT2D eigenvalue weighted by Gasteiger charge is 2.20. The molecule has 2 heteroatoms. The summed E-state index contributed by atoms with van der Waals surface area (Å²) in [5.41, 5.74) is 2.70. The van der Waals surface area contributed by atoms with Crippen LogP contribution in [0.1, 0.15) is 50.8 Å². The molecule has 0 saturated heterocycles. The molecule has 0 amide bonds. The van der Waals surface area contributed by atoms with E-state index in [2.05, 4.69) is 44.1 Å². The van der Waals surface area contributed by atoms with Gasteiger partial charge in [-0.05, 0) is 36.6 Å². The van der Waals surface area contributed by atoms with Gasteiger partial charge >= 0.3 is 0 Å². The normalized spacial score (nSPS) is 13.1. The van der Waals surface area contributed by atoms with E-state index in [1.807, 2.05) is 12.4 Å². The molecule has 1 N–H and O–H groups in total. The van der Waals surface area contributed by atoms with E-state index in [0.717, 1.165) is 6.54 Å². The molecule has 1 aromatic rings. The Morgan fingerprint density at radius 1 is 1.25 bits per heavy atom. The smallest absolute Gasteiger partial charge is 0.0352 e. The Labute approximate surface area is 99.5 Å². The second kappa shape index (κ2) is 6.64. The highest BCUT2D eigenvalue weighted by molar-refractivity contribution is 5.26. The van der Waals surface area contributed by atoms with Crippen LogP contribution in [0.5, 0.6) is 0 Å². The van der Waals surface area contributed by atoms with E-state index in [4.69, 9.17) is 0 Å². The molecule has 1 heterocycles. The van der Waals surface area contributed by atoms with Gasteiger partial charge in [0, 0.05) is 18.4 Å². The number of aryl methyl sites for hydroxylation is 1. The fourth-order valence-electron chi connectivity index (χ4n) is 2.34. The van der Waals surface area contributed by atoms with Crippen molar-refractivity contribution in [3.05, 3.63) is 29.6 Å². The number of nitrogens with one attached hydrogen (secondary N) is 1. The van der Waals surface area contributed by atoms with Gasteiger partial charge in [0.2, 0.25) is 0 Å². The van der Waals surface area contributed by atoms with Gasteiger partial charge in [0.15, 0.2) is 0 Å². The second-order valence-electron chi connectivity index (χ2n) is 4.34. The predicted octanol–water partition coefficient (Wildman–Crippen LogP) is 3.48. The maximum absolute atomic E-state index is 4.17. The first-order chi connectivity index (χ1) is 7.74. The van der Waals surface area contributed by atoms with Crippen LogP contribution in [0.2, 0.25) is 0 Å². The van der Waals surface area contributed by atoms with Gasteiger partial charge in [0.1, 0.15) is 0 Å². The Morgan fingerprint density at radius 2 is 1.94 bits per heavy atom. The predicted molar refractivity (Wildman–Crippen MR) is 69.5 cm³/mol. The Morgan fingerprint density at radius 3 is 2.44 bits per heavy atom. The third-order valence-corrected chi connectivity index (χ3v) is 3.34. The molecule has 2 nitrogen and oxygen atoms in total. The Balaban J connectivity index is 2.97. The largest absolute Gasteiger partial charge is 0.310 e. The van der Waals surface area contributed by atoms with Crippen LogP contribution in [0.3, 0.4) is 0 Å². The molecule has 1 unspecified atom stereocenters. The Bertz CT molecular complexity index is 305.